The van der Waals surface area contributed by atoms with E-state index in [9.17, 15) is 19.4 Å². The minimum Gasteiger partial charge on any atom is -0.387 e. The van der Waals surface area contributed by atoms with E-state index < -0.39 is 20.0 Å². The van der Waals surface area contributed by atoms with E-state index >= 15 is 0 Å². The van der Waals surface area contributed by atoms with Crippen molar-refractivity contribution in [3.05, 3.63) is 48.6 Å². The van der Waals surface area contributed by atoms with E-state index in [2.05, 4.69) is 55.6 Å². The molecular weight excluding hydrogens is 780 g/mol. The molecule has 0 aliphatic heterocycles. The highest BCUT2D eigenvalue weighted by molar-refractivity contribution is 7.47. The number of quaternary nitrogens is 1. The highest BCUT2D eigenvalue weighted by Gasteiger charge is 2.27. The molecule has 3 N–H and O–H groups in total. The number of unbranched alkanes of at least 4 members (excludes halogenated alkanes) is 27. The number of aliphatic hydroxyl groups is 1. The van der Waals surface area contributed by atoms with Crippen molar-refractivity contribution in [1.82, 2.24) is 5.32 Å². The first-order chi connectivity index (χ1) is 29.5. The largest absolute Gasteiger partial charge is 0.472 e. The van der Waals surface area contributed by atoms with Gasteiger partial charge in [0.2, 0.25) is 5.91 Å². The van der Waals surface area contributed by atoms with Gasteiger partial charge in [-0.15, -0.1) is 0 Å². The summed E-state index contributed by atoms with van der Waals surface area (Å²) < 4.78 is 23.6. The third-order valence-electron chi connectivity index (χ3n) is 11.3. The van der Waals surface area contributed by atoms with Gasteiger partial charge in [-0.3, -0.25) is 13.8 Å². The Morgan fingerprint density at radius 2 is 0.984 bits per heavy atom. The van der Waals surface area contributed by atoms with Crippen molar-refractivity contribution in [1.29, 1.82) is 0 Å². The van der Waals surface area contributed by atoms with Crippen LogP contribution in [0, 0.1) is 0 Å². The summed E-state index contributed by atoms with van der Waals surface area (Å²) in [5, 5.41) is 13.8. The summed E-state index contributed by atoms with van der Waals surface area (Å²) >= 11 is 0. The Hall–Kier alpha value is -1.54. The zero-order valence-corrected chi connectivity index (χ0v) is 41.5. The van der Waals surface area contributed by atoms with Gasteiger partial charge >= 0.3 is 7.82 Å². The summed E-state index contributed by atoms with van der Waals surface area (Å²) in [6.45, 7) is 4.68. The van der Waals surface area contributed by atoms with E-state index in [4.69, 9.17) is 9.05 Å². The van der Waals surface area contributed by atoms with Crippen molar-refractivity contribution in [3.63, 3.8) is 0 Å². The summed E-state index contributed by atoms with van der Waals surface area (Å²) in [5.74, 6) is -0.206. The van der Waals surface area contributed by atoms with Gasteiger partial charge in [0.1, 0.15) is 13.2 Å². The second-order valence-electron chi connectivity index (χ2n) is 18.5. The van der Waals surface area contributed by atoms with E-state index in [1.54, 1.807) is 6.08 Å². The molecule has 0 saturated carbocycles. The maximum Gasteiger partial charge on any atom is 0.472 e. The van der Waals surface area contributed by atoms with Gasteiger partial charge in [0.05, 0.1) is 39.9 Å². The van der Waals surface area contributed by atoms with E-state index in [1.807, 2.05) is 27.2 Å². The topological polar surface area (TPSA) is 105 Å². The Morgan fingerprint density at radius 1 is 0.574 bits per heavy atom. The van der Waals surface area contributed by atoms with Gasteiger partial charge in [0.25, 0.3) is 0 Å². The summed E-state index contributed by atoms with van der Waals surface area (Å²) in [5.41, 5.74) is 0. The lowest BCUT2D eigenvalue weighted by Crippen LogP contribution is -2.45. The molecule has 3 unspecified atom stereocenters. The molecule has 0 radical (unpaired) electrons. The monoisotopic (exact) mass is 880 g/mol. The third-order valence-corrected chi connectivity index (χ3v) is 12.3. The van der Waals surface area contributed by atoms with E-state index in [-0.39, 0.29) is 19.1 Å². The van der Waals surface area contributed by atoms with Crippen LogP contribution in [-0.4, -0.2) is 73.4 Å². The molecule has 0 heterocycles. The van der Waals surface area contributed by atoms with Gasteiger partial charge in [0, 0.05) is 6.42 Å². The molecule has 8 nitrogen and oxygen atoms in total. The molecule has 0 aliphatic rings. The fourth-order valence-corrected chi connectivity index (χ4v) is 8.03. The van der Waals surface area contributed by atoms with Gasteiger partial charge in [-0.2, -0.15) is 0 Å². The fourth-order valence-electron chi connectivity index (χ4n) is 7.29. The van der Waals surface area contributed by atoms with Gasteiger partial charge in [-0.25, -0.2) is 4.57 Å². The van der Waals surface area contributed by atoms with Gasteiger partial charge in [-0.1, -0.05) is 217 Å². The third kappa shape index (κ3) is 46.3. The normalized spacial score (nSPS) is 14.5. The van der Waals surface area contributed by atoms with Crippen LogP contribution in [0.4, 0.5) is 0 Å². The maximum atomic E-state index is 12.9. The molecule has 0 aromatic heterocycles. The number of nitrogens with zero attached hydrogens (tertiary/aromatic N) is 1. The Kier molecular flexibility index (Phi) is 42.6. The first-order valence-electron chi connectivity index (χ1n) is 25.5. The summed E-state index contributed by atoms with van der Waals surface area (Å²) in [7, 11) is 1.55. The second-order valence-corrected chi connectivity index (χ2v) is 20.0. The zero-order valence-electron chi connectivity index (χ0n) is 40.7. The predicted octanol–water partition coefficient (Wildman–Crippen LogP) is 14.8. The number of allylic oxidation sites excluding steroid dienone is 7. The van der Waals surface area contributed by atoms with Gasteiger partial charge in [0.15, 0.2) is 0 Å². The van der Waals surface area contributed by atoms with E-state index in [1.165, 1.54) is 141 Å². The number of carbonyl (C=O) groups excluding carboxylic acids is 1. The number of phosphoric ester groups is 1. The van der Waals surface area contributed by atoms with Crippen LogP contribution in [0.15, 0.2) is 48.6 Å². The molecule has 0 aliphatic carbocycles. The first-order valence-corrected chi connectivity index (χ1v) is 27.0. The Morgan fingerprint density at radius 3 is 1.44 bits per heavy atom. The van der Waals surface area contributed by atoms with Crippen molar-refractivity contribution in [2.24, 2.45) is 0 Å². The maximum absolute atomic E-state index is 12.9. The van der Waals surface area contributed by atoms with Crippen LogP contribution in [0.5, 0.6) is 0 Å². The molecule has 9 heteroatoms. The first kappa shape index (κ1) is 59.5. The zero-order chi connectivity index (χ0) is 45.0. The van der Waals surface area contributed by atoms with Crippen molar-refractivity contribution < 1.29 is 32.9 Å². The molecule has 0 spiro atoms. The molecule has 0 rings (SSSR count). The van der Waals surface area contributed by atoms with Gasteiger partial charge in [-0.05, 0) is 51.4 Å². The van der Waals surface area contributed by atoms with Gasteiger partial charge < -0.3 is 19.8 Å². The average Bonchev–Trinajstić information content (AvgIpc) is 3.21. The number of rotatable bonds is 46. The van der Waals surface area contributed by atoms with Crippen molar-refractivity contribution in [2.45, 2.75) is 238 Å². The predicted molar refractivity (Wildman–Crippen MR) is 263 cm³/mol. The summed E-state index contributed by atoms with van der Waals surface area (Å²) in [6.07, 6.45) is 56.4. The Labute approximate surface area is 378 Å². The number of aliphatic hydroxyl groups excluding tert-OH is 1. The minimum absolute atomic E-state index is 0.0544. The summed E-state index contributed by atoms with van der Waals surface area (Å²) in [4.78, 5) is 23.1. The Bertz CT molecular complexity index is 1130. The molecule has 0 aromatic rings. The number of likely N-dealkylation sites (N-methyl/N-ethyl adjacent to an activating group) is 1. The van der Waals surface area contributed by atoms with Crippen LogP contribution in [0.1, 0.15) is 226 Å². The summed E-state index contributed by atoms with van der Waals surface area (Å²) in [6, 6.07) is -0.862. The fraction of sp³-hybridized carbons (Fsp3) is 0.827. The van der Waals surface area contributed by atoms with Crippen LogP contribution in [0.2, 0.25) is 0 Å². The van der Waals surface area contributed by atoms with Crippen molar-refractivity contribution in [3.8, 4) is 0 Å². The van der Waals surface area contributed by atoms with Crippen molar-refractivity contribution >= 4 is 13.7 Å². The van der Waals surface area contributed by atoms with Crippen molar-refractivity contribution in [2.75, 3.05) is 40.9 Å². The number of hydrogen-bond acceptors (Lipinski definition) is 5. The molecule has 0 bridgehead atoms. The highest BCUT2D eigenvalue weighted by Crippen LogP contribution is 2.43. The number of phosphoric acid groups is 1. The lowest BCUT2D eigenvalue weighted by Gasteiger charge is -2.25. The quantitative estimate of drug-likeness (QED) is 0.0243. The molecule has 3 atom stereocenters. The van der Waals surface area contributed by atoms with E-state index in [0.29, 0.717) is 17.4 Å². The van der Waals surface area contributed by atoms with Crippen LogP contribution in [0.3, 0.4) is 0 Å². The number of hydrogen-bond donors (Lipinski definition) is 3. The number of nitrogens with one attached hydrogen (secondary N) is 1. The molecule has 0 saturated heterocycles. The van der Waals surface area contributed by atoms with Crippen LogP contribution in [-0.2, 0) is 18.4 Å². The number of carbonyl (C=O) groups is 1. The average molecular weight is 880 g/mol. The lowest BCUT2D eigenvalue weighted by molar-refractivity contribution is -0.870. The van der Waals surface area contributed by atoms with Crippen LogP contribution < -0.4 is 5.32 Å². The highest BCUT2D eigenvalue weighted by atomic mass is 31.2. The molecule has 0 aromatic carbocycles. The smallest absolute Gasteiger partial charge is 0.387 e. The standard InChI is InChI=1S/C52H99N2O6P/c1-6-8-10-12-14-16-18-20-21-22-23-24-25-26-27-28-29-30-31-32-34-35-37-39-41-43-45-51(55)50(49-60-61(57,58)59-48-47-54(3,4)5)53-52(56)46-44-42-40-38-36-33-19-17-15-13-11-9-7-2/h9,11,15,17,33,36,43,45,50-51,55H,6-8,10,12-14,16,18-32,34-35,37-42,44,46-49H2,1-5H3,(H-,53,56,57,58)/p+1/b11-9-,17-15-,36-33-,45-43+. The second kappa shape index (κ2) is 43.7. The molecule has 358 valence electrons. The number of amides is 1. The minimum atomic E-state index is -4.35. The SMILES string of the molecule is CC/C=C\C/C=C\C/C=C\CCCCCC(=O)NC(COP(=O)(O)OCC[N+](C)(C)C)C(O)/C=C/CCCCCCCCCCCCCCCCCCCCCCCCCC. The van der Waals surface area contributed by atoms with Crippen LogP contribution in [0.25, 0.3) is 0 Å². The molecular formula is C52H100N2O6P+. The Balaban J connectivity index is 4.23. The molecule has 61 heavy (non-hydrogen) atoms. The van der Waals surface area contributed by atoms with E-state index in [0.717, 1.165) is 64.2 Å². The molecule has 1 amide bonds. The lowest BCUT2D eigenvalue weighted by atomic mass is 10.0. The molecule has 0 fully saturated rings. The van der Waals surface area contributed by atoms with Crippen LogP contribution >= 0.6 is 7.82 Å².